The lowest BCUT2D eigenvalue weighted by Crippen LogP contribution is -2.42. The molecule has 1 saturated heterocycles. The molecule has 0 aromatic heterocycles. The van der Waals surface area contributed by atoms with E-state index >= 15 is 0 Å². The molecule has 0 aliphatic carbocycles. The fourth-order valence-corrected chi connectivity index (χ4v) is 4.22. The van der Waals surface area contributed by atoms with Crippen molar-refractivity contribution in [1.29, 1.82) is 0 Å². The van der Waals surface area contributed by atoms with Gasteiger partial charge in [0.15, 0.2) is 0 Å². The summed E-state index contributed by atoms with van der Waals surface area (Å²) < 4.78 is 64.9. The highest BCUT2D eigenvalue weighted by Crippen LogP contribution is 2.29. The van der Waals surface area contributed by atoms with E-state index in [9.17, 15) is 13.2 Å². The molecule has 0 saturated carbocycles. The van der Waals surface area contributed by atoms with E-state index in [4.69, 9.17) is 36.9 Å². The van der Waals surface area contributed by atoms with Crippen molar-refractivity contribution >= 4 is 17.2 Å². The van der Waals surface area contributed by atoms with Crippen LogP contribution in [0.25, 0.3) is 0 Å². The molecule has 1 fully saturated rings. The molecule has 0 radical (unpaired) electrons. The molecule has 3 aromatic rings. The lowest BCUT2D eigenvalue weighted by molar-refractivity contribution is -0.0896. The molecular weight excluding hydrogens is 491 g/mol. The highest BCUT2D eigenvalue weighted by atomic mass is 32.1. The van der Waals surface area contributed by atoms with Crippen LogP contribution in [-0.4, -0.2) is 36.0 Å². The molecular formula is C27H26F3NO4S. The summed E-state index contributed by atoms with van der Waals surface area (Å²) in [5, 5.41) is 0. The van der Waals surface area contributed by atoms with Gasteiger partial charge in [-0.3, -0.25) is 0 Å². The highest BCUT2D eigenvalue weighted by Gasteiger charge is 2.47. The van der Waals surface area contributed by atoms with Gasteiger partial charge in [0.05, 0.1) is 26.4 Å². The topological polar surface area (TPSA) is 62.9 Å². The van der Waals surface area contributed by atoms with Gasteiger partial charge in [-0.25, -0.2) is 13.2 Å². The van der Waals surface area contributed by atoms with Gasteiger partial charge in [-0.05, 0) is 53.1 Å². The third kappa shape index (κ3) is 7.11. The third-order valence-corrected chi connectivity index (χ3v) is 5.93. The second-order valence-electron chi connectivity index (χ2n) is 8.45. The average molecular weight is 518 g/mol. The van der Waals surface area contributed by atoms with Gasteiger partial charge in [0.2, 0.25) is 0 Å². The minimum absolute atomic E-state index is 0.0710. The molecule has 190 valence electrons. The molecule has 0 amide bonds. The van der Waals surface area contributed by atoms with Crippen molar-refractivity contribution in [3.63, 3.8) is 0 Å². The maximum atomic E-state index is 13.7. The smallest absolute Gasteiger partial charge is 0.137 e. The Balaban J connectivity index is 1.49. The summed E-state index contributed by atoms with van der Waals surface area (Å²) in [5.41, 5.74) is 7.85. The first-order valence-electron chi connectivity index (χ1n) is 11.4. The monoisotopic (exact) mass is 517 g/mol. The van der Waals surface area contributed by atoms with E-state index in [1.807, 2.05) is 0 Å². The van der Waals surface area contributed by atoms with Gasteiger partial charge < -0.3 is 24.7 Å². The standard InChI is InChI=1S/C27H26F3NO4S/c28-20-7-1-4-17(10-20)13-32-16-23-24(33-14-18-5-2-8-21(29)11-18)25(26(35-23)27(31)36)34-15-19-6-3-9-22(30)12-19/h1-12,23-26H,13-16H2,(H2,31,36)/t23-,24-,25-,26-/m1/s1. The van der Waals surface area contributed by atoms with Crippen LogP contribution in [-0.2, 0) is 38.8 Å². The molecule has 36 heavy (non-hydrogen) atoms. The van der Waals surface area contributed by atoms with Crippen LogP contribution >= 0.6 is 12.2 Å². The molecule has 4 rings (SSSR count). The van der Waals surface area contributed by atoms with Crippen LogP contribution in [0.15, 0.2) is 72.8 Å². The molecule has 0 spiro atoms. The maximum absolute atomic E-state index is 13.7. The Labute approximate surface area is 212 Å². The number of nitrogens with two attached hydrogens (primary N) is 1. The number of hydrogen-bond acceptors (Lipinski definition) is 5. The Kier molecular flexibility index (Phi) is 9.06. The fourth-order valence-electron chi connectivity index (χ4n) is 4.03. The van der Waals surface area contributed by atoms with Crippen molar-refractivity contribution < 1.29 is 32.1 Å². The van der Waals surface area contributed by atoms with Gasteiger partial charge in [-0.2, -0.15) is 0 Å². The van der Waals surface area contributed by atoms with Gasteiger partial charge >= 0.3 is 0 Å². The van der Waals surface area contributed by atoms with Crippen molar-refractivity contribution in [2.45, 2.75) is 44.2 Å². The molecule has 1 aliphatic heterocycles. The zero-order valence-electron chi connectivity index (χ0n) is 19.3. The molecule has 1 aliphatic rings. The van der Waals surface area contributed by atoms with E-state index in [-0.39, 0.29) is 48.9 Å². The maximum Gasteiger partial charge on any atom is 0.137 e. The summed E-state index contributed by atoms with van der Waals surface area (Å²) in [7, 11) is 0. The van der Waals surface area contributed by atoms with Crippen molar-refractivity contribution in [3.8, 4) is 0 Å². The van der Waals surface area contributed by atoms with Crippen LogP contribution in [0.5, 0.6) is 0 Å². The second kappa shape index (κ2) is 12.4. The zero-order chi connectivity index (χ0) is 25.5. The van der Waals surface area contributed by atoms with Crippen molar-refractivity contribution in [2.24, 2.45) is 5.73 Å². The van der Waals surface area contributed by atoms with Gasteiger partial charge in [0, 0.05) is 0 Å². The summed E-state index contributed by atoms with van der Waals surface area (Å²) >= 11 is 5.21. The van der Waals surface area contributed by atoms with Crippen LogP contribution < -0.4 is 5.73 Å². The van der Waals surface area contributed by atoms with Crippen LogP contribution in [0, 0.1) is 17.5 Å². The Hall–Kier alpha value is -2.82. The lowest BCUT2D eigenvalue weighted by atomic mass is 10.1. The van der Waals surface area contributed by atoms with Crippen LogP contribution in [0.3, 0.4) is 0 Å². The van der Waals surface area contributed by atoms with E-state index < -0.39 is 24.4 Å². The Bertz CT molecular complexity index is 1180. The van der Waals surface area contributed by atoms with Gasteiger partial charge in [0.1, 0.15) is 46.9 Å². The van der Waals surface area contributed by atoms with E-state index in [0.717, 1.165) is 0 Å². The lowest BCUT2D eigenvalue weighted by Gasteiger charge is -2.25. The molecule has 5 nitrogen and oxygen atoms in total. The normalized spacial score (nSPS) is 21.5. The summed E-state index contributed by atoms with van der Waals surface area (Å²) in [4.78, 5) is 0.0752. The van der Waals surface area contributed by atoms with Gasteiger partial charge in [-0.15, -0.1) is 0 Å². The molecule has 1 heterocycles. The van der Waals surface area contributed by atoms with Crippen molar-refractivity contribution in [2.75, 3.05) is 6.61 Å². The molecule has 2 N–H and O–H groups in total. The van der Waals surface area contributed by atoms with E-state index in [2.05, 4.69) is 0 Å². The van der Waals surface area contributed by atoms with Gasteiger partial charge in [0.25, 0.3) is 0 Å². The summed E-state index contributed by atoms with van der Waals surface area (Å²) in [5.74, 6) is -1.12. The number of hydrogen-bond donors (Lipinski definition) is 1. The quantitative estimate of drug-likeness (QED) is 0.367. The number of benzene rings is 3. The molecule has 9 heteroatoms. The second-order valence-corrected chi connectivity index (χ2v) is 8.93. The van der Waals surface area contributed by atoms with E-state index in [1.54, 1.807) is 36.4 Å². The van der Waals surface area contributed by atoms with Gasteiger partial charge in [-0.1, -0.05) is 48.6 Å². The minimum Gasteiger partial charge on any atom is -0.391 e. The first kappa shape index (κ1) is 26.2. The number of halogens is 3. The molecule has 4 atom stereocenters. The van der Waals surface area contributed by atoms with Crippen LogP contribution in [0.2, 0.25) is 0 Å². The predicted octanol–water partition coefficient (Wildman–Crippen LogP) is 4.84. The first-order chi connectivity index (χ1) is 17.4. The summed E-state index contributed by atoms with van der Waals surface area (Å²) in [6, 6.07) is 18.2. The fraction of sp³-hybridized carbons (Fsp3) is 0.296. The minimum atomic E-state index is -0.783. The number of ether oxygens (including phenoxy) is 4. The first-order valence-corrected chi connectivity index (χ1v) is 11.8. The summed E-state index contributed by atoms with van der Waals surface area (Å²) in [6.07, 6.45) is -2.81. The number of thiocarbonyl (C=S) groups is 1. The van der Waals surface area contributed by atoms with Crippen molar-refractivity contribution in [3.05, 3.63) is 107 Å². The Morgan fingerprint density at radius 2 is 1.22 bits per heavy atom. The average Bonchev–Trinajstić information content (AvgIpc) is 3.19. The third-order valence-electron chi connectivity index (χ3n) is 5.69. The van der Waals surface area contributed by atoms with Crippen LogP contribution in [0.4, 0.5) is 13.2 Å². The molecule has 3 aromatic carbocycles. The Morgan fingerprint density at radius 1 is 0.750 bits per heavy atom. The highest BCUT2D eigenvalue weighted by molar-refractivity contribution is 7.80. The van der Waals surface area contributed by atoms with Crippen LogP contribution in [0.1, 0.15) is 16.7 Å². The molecule has 0 unspecified atom stereocenters. The van der Waals surface area contributed by atoms with Crippen molar-refractivity contribution in [1.82, 2.24) is 0 Å². The number of rotatable bonds is 11. The zero-order valence-corrected chi connectivity index (χ0v) is 20.1. The summed E-state index contributed by atoms with van der Waals surface area (Å²) in [6.45, 7) is 0.391. The molecule has 0 bridgehead atoms. The predicted molar refractivity (Wildman–Crippen MR) is 131 cm³/mol. The van der Waals surface area contributed by atoms with E-state index in [0.29, 0.717) is 16.7 Å². The van der Waals surface area contributed by atoms with E-state index in [1.165, 1.54) is 36.4 Å². The SMILES string of the molecule is NC(=S)[C@@H]1O[C@H](COCc2cccc(F)c2)[C@@H](OCc2cccc(F)c2)[C@H]1OCc1cccc(F)c1. The largest absolute Gasteiger partial charge is 0.391 e. The Morgan fingerprint density at radius 3 is 1.69 bits per heavy atom.